The molecule has 0 aliphatic carbocycles. The molecule has 0 atom stereocenters. The summed E-state index contributed by atoms with van der Waals surface area (Å²) in [5, 5.41) is 2.44. The van der Waals surface area contributed by atoms with Crippen molar-refractivity contribution in [3.8, 4) is 5.75 Å². The standard InChI is InChI=1S/C16H15NO4S/c1-20-16(19)17-12-7-9-14(10-8-12)22-15(18)11-21-13-5-3-2-4-6-13/h2-10H,11H2,1H3,(H,17,19). The molecule has 2 aromatic carbocycles. The van der Waals surface area contributed by atoms with Gasteiger partial charge in [0.15, 0.2) is 6.61 Å². The number of anilines is 1. The number of para-hydroxylation sites is 1. The van der Waals surface area contributed by atoms with E-state index in [-0.39, 0.29) is 11.7 Å². The van der Waals surface area contributed by atoms with Crippen LogP contribution in [0.25, 0.3) is 0 Å². The van der Waals surface area contributed by atoms with Gasteiger partial charge in [-0.15, -0.1) is 0 Å². The summed E-state index contributed by atoms with van der Waals surface area (Å²) in [5.41, 5.74) is 0.601. The lowest BCUT2D eigenvalue weighted by Crippen LogP contribution is -2.10. The maximum atomic E-state index is 11.8. The first-order valence-corrected chi connectivity index (χ1v) is 7.32. The number of hydrogen-bond donors (Lipinski definition) is 1. The predicted octanol–water partition coefficient (Wildman–Crippen LogP) is 3.56. The molecule has 0 aliphatic heterocycles. The smallest absolute Gasteiger partial charge is 0.411 e. The average molecular weight is 317 g/mol. The van der Waals surface area contributed by atoms with Gasteiger partial charge >= 0.3 is 6.09 Å². The number of ether oxygens (including phenoxy) is 2. The second-order valence-electron chi connectivity index (χ2n) is 4.22. The Morgan fingerprint density at radius 1 is 1.05 bits per heavy atom. The molecule has 114 valence electrons. The molecule has 2 rings (SSSR count). The summed E-state index contributed by atoms with van der Waals surface area (Å²) in [6.45, 7) is -0.00313. The van der Waals surface area contributed by atoms with Gasteiger partial charge in [-0.2, -0.15) is 0 Å². The third-order valence-electron chi connectivity index (χ3n) is 2.62. The van der Waals surface area contributed by atoms with Crippen molar-refractivity contribution in [2.75, 3.05) is 19.0 Å². The number of carbonyl (C=O) groups is 2. The molecule has 5 nitrogen and oxygen atoms in total. The van der Waals surface area contributed by atoms with E-state index in [4.69, 9.17) is 4.74 Å². The molecule has 0 spiro atoms. The van der Waals surface area contributed by atoms with Crippen LogP contribution >= 0.6 is 11.8 Å². The normalized spacial score (nSPS) is 9.86. The van der Waals surface area contributed by atoms with E-state index in [2.05, 4.69) is 10.1 Å². The summed E-state index contributed by atoms with van der Waals surface area (Å²) in [6.07, 6.45) is -0.534. The number of carbonyl (C=O) groups excluding carboxylic acids is 2. The van der Waals surface area contributed by atoms with Gasteiger partial charge in [0, 0.05) is 10.6 Å². The van der Waals surface area contributed by atoms with Gasteiger partial charge in [-0.05, 0) is 48.2 Å². The number of amides is 1. The number of thioether (sulfide) groups is 1. The topological polar surface area (TPSA) is 64.6 Å². The molecular weight excluding hydrogens is 302 g/mol. The van der Waals surface area contributed by atoms with Crippen molar-refractivity contribution in [3.05, 3.63) is 54.6 Å². The van der Waals surface area contributed by atoms with E-state index < -0.39 is 6.09 Å². The lowest BCUT2D eigenvalue weighted by Gasteiger charge is -2.06. The Morgan fingerprint density at radius 3 is 2.36 bits per heavy atom. The van der Waals surface area contributed by atoms with Gasteiger partial charge in [0.1, 0.15) is 5.75 Å². The fraction of sp³-hybridized carbons (Fsp3) is 0.125. The van der Waals surface area contributed by atoms with Crippen molar-refractivity contribution in [3.63, 3.8) is 0 Å². The highest BCUT2D eigenvalue weighted by atomic mass is 32.2. The molecule has 0 saturated heterocycles. The molecule has 0 bridgehead atoms. The number of nitrogens with one attached hydrogen (secondary N) is 1. The fourth-order valence-electron chi connectivity index (χ4n) is 1.60. The molecule has 0 saturated carbocycles. The maximum Gasteiger partial charge on any atom is 0.411 e. The predicted molar refractivity (Wildman–Crippen MR) is 85.3 cm³/mol. The van der Waals surface area contributed by atoms with Gasteiger partial charge in [0.05, 0.1) is 7.11 Å². The average Bonchev–Trinajstić information content (AvgIpc) is 2.55. The van der Waals surface area contributed by atoms with E-state index in [0.29, 0.717) is 11.4 Å². The van der Waals surface area contributed by atoms with Crippen LogP contribution in [0.5, 0.6) is 5.75 Å². The van der Waals surface area contributed by atoms with Gasteiger partial charge in [-0.3, -0.25) is 10.1 Å². The Labute approximate surface area is 132 Å². The van der Waals surface area contributed by atoms with Crippen LogP contribution in [-0.4, -0.2) is 24.9 Å². The summed E-state index contributed by atoms with van der Waals surface area (Å²) < 4.78 is 9.88. The van der Waals surface area contributed by atoms with Crippen molar-refractivity contribution in [2.45, 2.75) is 4.90 Å². The zero-order valence-electron chi connectivity index (χ0n) is 11.9. The first kappa shape index (κ1) is 15.9. The lowest BCUT2D eigenvalue weighted by atomic mass is 10.3. The zero-order chi connectivity index (χ0) is 15.8. The summed E-state index contributed by atoms with van der Waals surface area (Å²) in [7, 11) is 1.30. The molecule has 2 aromatic rings. The molecule has 6 heteroatoms. The second-order valence-corrected chi connectivity index (χ2v) is 5.35. The number of benzene rings is 2. The van der Waals surface area contributed by atoms with Crippen LogP contribution in [0, 0.1) is 0 Å². The minimum Gasteiger partial charge on any atom is -0.485 e. The molecule has 0 aliphatic rings. The molecule has 0 heterocycles. The quantitative estimate of drug-likeness (QED) is 0.854. The Kier molecular flexibility index (Phi) is 5.85. The summed E-state index contributed by atoms with van der Waals surface area (Å²) in [4.78, 5) is 23.7. The van der Waals surface area contributed by atoms with Gasteiger partial charge < -0.3 is 9.47 Å². The van der Waals surface area contributed by atoms with Crippen molar-refractivity contribution in [1.82, 2.24) is 0 Å². The molecule has 0 unspecified atom stereocenters. The van der Waals surface area contributed by atoms with E-state index in [1.807, 2.05) is 18.2 Å². The van der Waals surface area contributed by atoms with Crippen molar-refractivity contribution >= 4 is 28.7 Å². The highest BCUT2D eigenvalue weighted by Crippen LogP contribution is 2.21. The minimum absolute atomic E-state index is 0.00313. The van der Waals surface area contributed by atoms with Crippen LogP contribution in [0.3, 0.4) is 0 Å². The van der Waals surface area contributed by atoms with Crippen LogP contribution in [0.2, 0.25) is 0 Å². The third kappa shape index (κ3) is 5.14. The first-order chi connectivity index (χ1) is 10.7. The molecule has 1 N–H and O–H groups in total. The van der Waals surface area contributed by atoms with Crippen molar-refractivity contribution < 1.29 is 19.1 Å². The van der Waals surface area contributed by atoms with Gasteiger partial charge in [-0.25, -0.2) is 4.79 Å². The zero-order valence-corrected chi connectivity index (χ0v) is 12.8. The maximum absolute atomic E-state index is 11.8. The number of methoxy groups -OCH3 is 1. The van der Waals surface area contributed by atoms with Gasteiger partial charge in [-0.1, -0.05) is 18.2 Å². The molecule has 0 aromatic heterocycles. The van der Waals surface area contributed by atoms with E-state index in [0.717, 1.165) is 16.7 Å². The summed E-state index contributed by atoms with van der Waals surface area (Å²) in [5.74, 6) is 0.661. The Morgan fingerprint density at radius 2 is 1.73 bits per heavy atom. The van der Waals surface area contributed by atoms with Crippen LogP contribution in [0.1, 0.15) is 0 Å². The summed E-state index contributed by atoms with van der Waals surface area (Å²) >= 11 is 1.09. The second kappa shape index (κ2) is 8.09. The highest BCUT2D eigenvalue weighted by Gasteiger charge is 2.07. The largest absolute Gasteiger partial charge is 0.485 e. The first-order valence-electron chi connectivity index (χ1n) is 6.51. The SMILES string of the molecule is COC(=O)Nc1ccc(SC(=O)COc2ccccc2)cc1. The molecule has 1 amide bonds. The van der Waals surface area contributed by atoms with Crippen LogP contribution < -0.4 is 10.1 Å². The van der Waals surface area contributed by atoms with Crippen LogP contribution in [0.15, 0.2) is 59.5 Å². The molecule has 0 fully saturated rings. The number of hydrogen-bond acceptors (Lipinski definition) is 5. The third-order valence-corrected chi connectivity index (χ3v) is 3.47. The van der Waals surface area contributed by atoms with Gasteiger partial charge in [0.25, 0.3) is 0 Å². The van der Waals surface area contributed by atoms with Crippen LogP contribution in [-0.2, 0) is 9.53 Å². The Hall–Kier alpha value is -2.47. The number of rotatable bonds is 5. The van der Waals surface area contributed by atoms with E-state index >= 15 is 0 Å². The Balaban J connectivity index is 1.82. The van der Waals surface area contributed by atoms with Crippen molar-refractivity contribution in [1.29, 1.82) is 0 Å². The van der Waals surface area contributed by atoms with E-state index in [1.54, 1.807) is 36.4 Å². The van der Waals surface area contributed by atoms with Crippen LogP contribution in [0.4, 0.5) is 10.5 Å². The van der Waals surface area contributed by atoms with Crippen molar-refractivity contribution in [2.24, 2.45) is 0 Å². The lowest BCUT2D eigenvalue weighted by molar-refractivity contribution is -0.112. The Bertz CT molecular complexity index is 628. The molecule has 0 radical (unpaired) electrons. The monoisotopic (exact) mass is 317 g/mol. The van der Waals surface area contributed by atoms with E-state index in [1.165, 1.54) is 7.11 Å². The minimum atomic E-state index is -0.534. The fourth-order valence-corrected chi connectivity index (χ4v) is 2.25. The van der Waals surface area contributed by atoms with E-state index in [9.17, 15) is 9.59 Å². The highest BCUT2D eigenvalue weighted by molar-refractivity contribution is 8.13. The summed E-state index contributed by atoms with van der Waals surface area (Å²) in [6, 6.07) is 16.1. The molecule has 22 heavy (non-hydrogen) atoms. The molecular formula is C16H15NO4S. The van der Waals surface area contributed by atoms with Gasteiger partial charge in [0.2, 0.25) is 5.12 Å².